The summed E-state index contributed by atoms with van der Waals surface area (Å²) in [5, 5.41) is 40.5. The molecule has 0 radical (unpaired) electrons. The van der Waals surface area contributed by atoms with E-state index in [9.17, 15) is 48.9 Å². The average Bonchev–Trinajstić information content (AvgIpc) is 3.06. The predicted octanol–water partition coefficient (Wildman–Crippen LogP) is -4.97. The van der Waals surface area contributed by atoms with Crippen molar-refractivity contribution in [3.63, 3.8) is 0 Å². The minimum Gasteiger partial charge on any atom is -0.508 e. The lowest BCUT2D eigenvalue weighted by Crippen LogP contribution is -2.60. The molecule has 0 aliphatic heterocycles. The number of carboxylic acid groups (broad SMARTS) is 2. The van der Waals surface area contributed by atoms with Gasteiger partial charge in [0.25, 0.3) is 0 Å². The van der Waals surface area contributed by atoms with Gasteiger partial charge in [0.1, 0.15) is 36.0 Å². The van der Waals surface area contributed by atoms with E-state index in [1.165, 1.54) is 24.3 Å². The first-order valence-corrected chi connectivity index (χ1v) is 16.0. The Morgan fingerprint density at radius 3 is 1.26 bits per heavy atom. The lowest BCUT2D eigenvalue weighted by Gasteiger charge is -2.27. The van der Waals surface area contributed by atoms with Crippen LogP contribution in [0, 0.1) is 0 Å². The van der Waals surface area contributed by atoms with Crippen LogP contribution in [0.25, 0.3) is 0 Å². The average molecular weight is 711 g/mol. The molecule has 0 saturated carbocycles. The molecule has 0 aromatic heterocycles. The van der Waals surface area contributed by atoms with Gasteiger partial charge in [-0.25, -0.2) is 4.79 Å². The first-order chi connectivity index (χ1) is 23.7. The third-order valence-corrected chi connectivity index (χ3v) is 7.35. The Labute approximate surface area is 288 Å². The number of aromatic hydroxyl groups is 1. The van der Waals surface area contributed by atoms with Gasteiger partial charge in [-0.15, -0.1) is 0 Å². The maximum Gasteiger partial charge on any atom is 0.326 e. The van der Waals surface area contributed by atoms with Gasteiger partial charge in [-0.05, 0) is 76.0 Å². The Morgan fingerprint density at radius 2 is 0.900 bits per heavy atom. The van der Waals surface area contributed by atoms with Gasteiger partial charge < -0.3 is 70.6 Å². The van der Waals surface area contributed by atoms with Gasteiger partial charge in [-0.2, -0.15) is 0 Å². The van der Waals surface area contributed by atoms with E-state index in [1.807, 2.05) is 0 Å². The van der Waals surface area contributed by atoms with Gasteiger partial charge in [0, 0.05) is 12.8 Å². The summed E-state index contributed by atoms with van der Waals surface area (Å²) in [5.74, 6) is -7.00. The number of rotatable bonds is 24. The summed E-state index contributed by atoms with van der Waals surface area (Å²) in [6, 6.07) is -2.28. The second-order valence-electron chi connectivity index (χ2n) is 11.4. The van der Waals surface area contributed by atoms with E-state index in [4.69, 9.17) is 28.7 Å². The van der Waals surface area contributed by atoms with Gasteiger partial charge in [0.05, 0.1) is 6.04 Å². The second kappa shape index (κ2) is 22.7. The molecule has 20 nitrogen and oxygen atoms in total. The van der Waals surface area contributed by atoms with Crippen molar-refractivity contribution in [1.29, 1.82) is 0 Å². The van der Waals surface area contributed by atoms with Crippen LogP contribution in [0.3, 0.4) is 0 Å². The molecule has 20 heteroatoms. The fourth-order valence-corrected chi connectivity index (χ4v) is 4.59. The van der Waals surface area contributed by atoms with Crippen molar-refractivity contribution in [3.05, 3.63) is 29.8 Å². The molecule has 0 unspecified atom stereocenters. The Kier molecular flexibility index (Phi) is 19.6. The van der Waals surface area contributed by atoms with Gasteiger partial charge in [-0.1, -0.05) is 12.1 Å². The lowest BCUT2D eigenvalue weighted by molar-refractivity contribution is -0.143. The fourth-order valence-electron chi connectivity index (χ4n) is 4.59. The molecular weight excluding hydrogens is 660 g/mol. The number of nitrogens with two attached hydrogens (primary N) is 5. The number of phenolic OH excluding ortho intramolecular Hbond substituents is 1. The maximum absolute atomic E-state index is 13.4. The molecule has 0 aliphatic carbocycles. The van der Waals surface area contributed by atoms with Crippen LogP contribution in [0.4, 0.5) is 0 Å². The second-order valence-corrected chi connectivity index (χ2v) is 11.4. The molecular formula is C30H50N10O10. The van der Waals surface area contributed by atoms with Crippen LogP contribution in [0.15, 0.2) is 24.3 Å². The molecule has 280 valence electrons. The Morgan fingerprint density at radius 1 is 0.540 bits per heavy atom. The molecule has 1 aromatic rings. The highest BCUT2D eigenvalue weighted by Gasteiger charge is 2.32. The zero-order chi connectivity index (χ0) is 37.8. The van der Waals surface area contributed by atoms with Gasteiger partial charge >= 0.3 is 11.9 Å². The van der Waals surface area contributed by atoms with E-state index < -0.39 is 90.6 Å². The van der Waals surface area contributed by atoms with Crippen LogP contribution in [0.2, 0.25) is 0 Å². The lowest BCUT2D eigenvalue weighted by atomic mass is 10.0. The van der Waals surface area contributed by atoms with Crippen LogP contribution >= 0.6 is 0 Å². The smallest absolute Gasteiger partial charge is 0.326 e. The van der Waals surface area contributed by atoms with E-state index in [0.717, 1.165) is 0 Å². The quantitative estimate of drug-likeness (QED) is 0.0478. The van der Waals surface area contributed by atoms with Crippen molar-refractivity contribution >= 4 is 41.5 Å². The standard InChI is InChI=1S/C30H50N10O10/c31-11-7-18(35)25(44)36-20(8-12-32)27(46)38-22(10-14-34)29(48)39-21(9-13-33)28(47)37-19(5-6-24(42)43)26(45)40-23(30(49)50)15-16-1-3-17(41)4-2-16/h1-4,18-23,41H,5-15,31-35H2,(H,36,44)(H,37,47)(H,38,46)(H,39,48)(H,40,45)(H,42,43)(H,49,50)/t18-,19-,20-,21-,22-,23-/m0/s1. The molecule has 0 fully saturated rings. The summed E-state index contributed by atoms with van der Waals surface area (Å²) in [6.07, 6.45) is -1.30. The highest BCUT2D eigenvalue weighted by atomic mass is 16.4. The Hall–Kier alpha value is -4.89. The van der Waals surface area contributed by atoms with E-state index in [2.05, 4.69) is 26.6 Å². The third kappa shape index (κ3) is 15.6. The zero-order valence-electron chi connectivity index (χ0n) is 27.6. The number of nitrogens with one attached hydrogen (secondary N) is 5. The molecule has 1 aromatic carbocycles. The number of carboxylic acids is 2. The highest BCUT2D eigenvalue weighted by Crippen LogP contribution is 2.12. The molecule has 0 spiro atoms. The zero-order valence-corrected chi connectivity index (χ0v) is 27.6. The number of amides is 5. The van der Waals surface area contributed by atoms with Crippen LogP contribution in [0.5, 0.6) is 5.75 Å². The molecule has 50 heavy (non-hydrogen) atoms. The number of carbonyl (C=O) groups is 7. The molecule has 0 saturated heterocycles. The SMILES string of the molecule is NCC[C@H](NC(=O)[C@H](CCN)NC(=O)[C@H](CCN)NC(=O)[C@@H](N)CCN)C(=O)N[C@@H](CCC(=O)O)C(=O)N[C@@H](Cc1ccc(O)cc1)C(=O)O. The minimum absolute atomic E-state index is 0.000439. The summed E-state index contributed by atoms with van der Waals surface area (Å²) in [4.78, 5) is 88.6. The summed E-state index contributed by atoms with van der Waals surface area (Å²) in [7, 11) is 0. The number of hydrogen-bond donors (Lipinski definition) is 13. The number of hydrogen-bond acceptors (Lipinski definition) is 13. The summed E-state index contributed by atoms with van der Waals surface area (Å²) < 4.78 is 0. The highest BCUT2D eigenvalue weighted by molar-refractivity contribution is 5.96. The summed E-state index contributed by atoms with van der Waals surface area (Å²) in [5.41, 5.74) is 28.6. The molecule has 0 aliphatic rings. The number of phenols is 1. The predicted molar refractivity (Wildman–Crippen MR) is 179 cm³/mol. The largest absolute Gasteiger partial charge is 0.508 e. The number of benzene rings is 1. The van der Waals surface area contributed by atoms with Crippen molar-refractivity contribution in [2.45, 2.75) is 81.2 Å². The van der Waals surface area contributed by atoms with E-state index in [-0.39, 0.29) is 64.0 Å². The summed E-state index contributed by atoms with van der Waals surface area (Å²) in [6.45, 7) is -0.0709. The Bertz CT molecular complexity index is 1300. The first-order valence-electron chi connectivity index (χ1n) is 16.0. The molecule has 0 heterocycles. The third-order valence-electron chi connectivity index (χ3n) is 7.35. The van der Waals surface area contributed by atoms with Crippen molar-refractivity contribution in [2.24, 2.45) is 28.7 Å². The molecule has 6 atom stereocenters. The fraction of sp³-hybridized carbons (Fsp3) is 0.567. The number of aliphatic carboxylic acids is 2. The van der Waals surface area contributed by atoms with Crippen molar-refractivity contribution < 1.29 is 48.9 Å². The van der Waals surface area contributed by atoms with Crippen molar-refractivity contribution in [2.75, 3.05) is 26.2 Å². The first kappa shape index (κ1) is 43.1. The Balaban J connectivity index is 3.12. The summed E-state index contributed by atoms with van der Waals surface area (Å²) >= 11 is 0. The van der Waals surface area contributed by atoms with Crippen molar-refractivity contribution in [1.82, 2.24) is 26.6 Å². The molecule has 0 bridgehead atoms. The van der Waals surface area contributed by atoms with Gasteiger partial charge in [-0.3, -0.25) is 28.8 Å². The number of carbonyl (C=O) groups excluding carboxylic acids is 5. The van der Waals surface area contributed by atoms with Crippen LogP contribution in [-0.4, -0.2) is 119 Å². The monoisotopic (exact) mass is 710 g/mol. The van der Waals surface area contributed by atoms with Crippen LogP contribution < -0.4 is 55.3 Å². The van der Waals surface area contributed by atoms with Crippen molar-refractivity contribution in [3.8, 4) is 5.75 Å². The van der Waals surface area contributed by atoms with Gasteiger partial charge in [0.15, 0.2) is 0 Å². The maximum atomic E-state index is 13.4. The minimum atomic E-state index is -1.54. The molecule has 5 amide bonds. The van der Waals surface area contributed by atoms with Crippen LogP contribution in [-0.2, 0) is 40.0 Å². The van der Waals surface area contributed by atoms with E-state index >= 15 is 0 Å². The molecule has 1 rings (SSSR count). The van der Waals surface area contributed by atoms with Gasteiger partial charge in [0.2, 0.25) is 29.5 Å². The normalized spacial score (nSPS) is 14.5. The topological polar surface area (TPSA) is 370 Å². The van der Waals surface area contributed by atoms with Crippen LogP contribution in [0.1, 0.15) is 44.1 Å². The molecule has 18 N–H and O–H groups in total. The van der Waals surface area contributed by atoms with E-state index in [0.29, 0.717) is 5.56 Å². The van der Waals surface area contributed by atoms with E-state index in [1.54, 1.807) is 0 Å².